The molecule has 2 amide bonds. The molecule has 1 aromatic heterocycles. The standard InChI is InChI=1S/C21H24BrN5O4/c22-15-3-1-14(2-4-15)18(28)26-27-20(30)17(19(29)25-16-5-6-16)12-24-21(27)23-11-13-7-9-31-10-8-13/h1-4,12-13,16H,5-11H2,(H,23,24)(H,25,29)(H,26,28). The van der Waals surface area contributed by atoms with Crippen molar-refractivity contribution in [2.75, 3.05) is 30.5 Å². The van der Waals surface area contributed by atoms with Gasteiger partial charge in [0.05, 0.1) is 0 Å². The molecule has 1 saturated heterocycles. The molecule has 2 aromatic rings. The molecule has 9 nitrogen and oxygen atoms in total. The van der Waals surface area contributed by atoms with Crippen LogP contribution in [0.2, 0.25) is 0 Å². The van der Waals surface area contributed by atoms with E-state index < -0.39 is 17.4 Å². The normalized spacial score (nSPS) is 16.5. The van der Waals surface area contributed by atoms with Crippen LogP contribution in [0.3, 0.4) is 0 Å². The number of anilines is 1. The van der Waals surface area contributed by atoms with Crippen LogP contribution in [0.15, 0.2) is 39.7 Å². The number of aromatic nitrogens is 2. The van der Waals surface area contributed by atoms with Gasteiger partial charge in [-0.25, -0.2) is 4.98 Å². The maximum atomic E-state index is 13.1. The molecule has 1 saturated carbocycles. The Morgan fingerprint density at radius 2 is 1.81 bits per heavy atom. The molecule has 0 atom stereocenters. The SMILES string of the molecule is O=C(Nn1c(NCC2CCOCC2)ncc(C(=O)NC2CC2)c1=O)c1ccc(Br)cc1. The van der Waals surface area contributed by atoms with Crippen molar-refractivity contribution < 1.29 is 14.3 Å². The van der Waals surface area contributed by atoms with Gasteiger partial charge in [0, 0.05) is 42.0 Å². The third-order valence-electron chi connectivity index (χ3n) is 5.33. The Morgan fingerprint density at radius 3 is 2.48 bits per heavy atom. The van der Waals surface area contributed by atoms with Gasteiger partial charge >= 0.3 is 0 Å². The minimum atomic E-state index is -0.631. The summed E-state index contributed by atoms with van der Waals surface area (Å²) in [6, 6.07) is 6.84. The first-order chi connectivity index (χ1) is 15.0. The lowest BCUT2D eigenvalue weighted by Crippen LogP contribution is -2.41. The number of rotatable bonds is 7. The van der Waals surface area contributed by atoms with E-state index in [9.17, 15) is 14.4 Å². The van der Waals surface area contributed by atoms with Crippen LogP contribution < -0.4 is 21.6 Å². The highest BCUT2D eigenvalue weighted by atomic mass is 79.9. The molecule has 1 aliphatic carbocycles. The first-order valence-electron chi connectivity index (χ1n) is 10.3. The van der Waals surface area contributed by atoms with E-state index in [4.69, 9.17) is 4.74 Å². The molecular formula is C21H24BrN5O4. The number of nitrogens with zero attached hydrogens (tertiary/aromatic N) is 2. The second kappa shape index (κ2) is 9.61. The van der Waals surface area contributed by atoms with Crippen LogP contribution in [0, 0.1) is 5.92 Å². The molecule has 0 radical (unpaired) electrons. The lowest BCUT2D eigenvalue weighted by molar-refractivity contribution is 0.0698. The molecule has 2 heterocycles. The zero-order valence-corrected chi connectivity index (χ0v) is 18.5. The van der Waals surface area contributed by atoms with E-state index in [0.717, 1.165) is 34.8 Å². The van der Waals surface area contributed by atoms with Crippen LogP contribution in [-0.4, -0.2) is 47.3 Å². The number of hydrogen-bond donors (Lipinski definition) is 3. The molecule has 2 aliphatic rings. The largest absolute Gasteiger partial charge is 0.381 e. The van der Waals surface area contributed by atoms with Crippen LogP contribution >= 0.6 is 15.9 Å². The predicted molar refractivity (Wildman–Crippen MR) is 119 cm³/mol. The fraction of sp³-hybridized carbons (Fsp3) is 0.429. The second-order valence-electron chi connectivity index (χ2n) is 7.77. The lowest BCUT2D eigenvalue weighted by atomic mass is 10.0. The lowest BCUT2D eigenvalue weighted by Gasteiger charge is -2.23. The number of carbonyl (C=O) groups excluding carboxylic acids is 2. The number of amides is 2. The molecular weight excluding hydrogens is 466 g/mol. The zero-order valence-electron chi connectivity index (χ0n) is 16.9. The van der Waals surface area contributed by atoms with Crippen molar-refractivity contribution in [1.29, 1.82) is 0 Å². The molecule has 4 rings (SSSR count). The summed E-state index contributed by atoms with van der Waals surface area (Å²) in [5, 5.41) is 5.94. The van der Waals surface area contributed by atoms with Crippen LogP contribution in [-0.2, 0) is 4.74 Å². The van der Waals surface area contributed by atoms with Crippen LogP contribution in [0.4, 0.5) is 5.95 Å². The van der Waals surface area contributed by atoms with Gasteiger partial charge in [-0.3, -0.25) is 19.8 Å². The quantitative estimate of drug-likeness (QED) is 0.548. The molecule has 10 heteroatoms. The molecule has 1 aromatic carbocycles. The highest BCUT2D eigenvalue weighted by Crippen LogP contribution is 2.19. The Bertz CT molecular complexity index is 1010. The first kappa shape index (κ1) is 21.5. The number of carbonyl (C=O) groups is 2. The number of benzene rings is 1. The van der Waals surface area contributed by atoms with E-state index in [-0.39, 0.29) is 17.6 Å². The molecule has 0 spiro atoms. The zero-order chi connectivity index (χ0) is 21.8. The highest BCUT2D eigenvalue weighted by Gasteiger charge is 2.26. The van der Waals surface area contributed by atoms with Crippen molar-refractivity contribution in [2.24, 2.45) is 5.92 Å². The fourth-order valence-corrected chi connectivity index (χ4v) is 3.55. The van der Waals surface area contributed by atoms with Crippen molar-refractivity contribution >= 4 is 33.7 Å². The van der Waals surface area contributed by atoms with E-state index >= 15 is 0 Å². The highest BCUT2D eigenvalue weighted by molar-refractivity contribution is 9.10. The summed E-state index contributed by atoms with van der Waals surface area (Å²) in [6.07, 6.45) is 4.88. The van der Waals surface area contributed by atoms with Gasteiger partial charge < -0.3 is 15.4 Å². The topological polar surface area (TPSA) is 114 Å². The summed E-state index contributed by atoms with van der Waals surface area (Å²) in [4.78, 5) is 42.6. The van der Waals surface area contributed by atoms with Crippen LogP contribution in [0.25, 0.3) is 0 Å². The summed E-state index contributed by atoms with van der Waals surface area (Å²) in [6.45, 7) is 1.98. The molecule has 0 unspecified atom stereocenters. The predicted octanol–water partition coefficient (Wildman–Crippen LogP) is 2.12. The van der Waals surface area contributed by atoms with Crippen molar-refractivity contribution in [3.63, 3.8) is 0 Å². The van der Waals surface area contributed by atoms with Gasteiger partial charge in [-0.05, 0) is 55.9 Å². The summed E-state index contributed by atoms with van der Waals surface area (Å²) in [7, 11) is 0. The summed E-state index contributed by atoms with van der Waals surface area (Å²) in [5.41, 5.74) is 2.22. The molecule has 0 bridgehead atoms. The van der Waals surface area contributed by atoms with Crippen molar-refractivity contribution in [1.82, 2.24) is 15.0 Å². The minimum absolute atomic E-state index is 0.101. The van der Waals surface area contributed by atoms with Crippen molar-refractivity contribution in [3.8, 4) is 0 Å². The van der Waals surface area contributed by atoms with E-state index in [1.807, 2.05) is 0 Å². The van der Waals surface area contributed by atoms with Crippen LogP contribution in [0.1, 0.15) is 46.4 Å². The Morgan fingerprint density at radius 1 is 1.10 bits per heavy atom. The Labute approximate surface area is 187 Å². The van der Waals surface area contributed by atoms with Gasteiger partial charge in [0.1, 0.15) is 5.56 Å². The summed E-state index contributed by atoms with van der Waals surface area (Å²) < 4.78 is 7.23. The van der Waals surface area contributed by atoms with Gasteiger partial charge in [-0.1, -0.05) is 15.9 Å². The van der Waals surface area contributed by atoms with Gasteiger partial charge in [-0.2, -0.15) is 4.68 Å². The monoisotopic (exact) mass is 489 g/mol. The van der Waals surface area contributed by atoms with Gasteiger partial charge in [0.25, 0.3) is 17.4 Å². The van der Waals surface area contributed by atoms with E-state index in [1.54, 1.807) is 24.3 Å². The van der Waals surface area contributed by atoms with Gasteiger partial charge in [0.2, 0.25) is 5.95 Å². The maximum absolute atomic E-state index is 13.1. The second-order valence-corrected chi connectivity index (χ2v) is 8.68. The van der Waals surface area contributed by atoms with E-state index in [0.29, 0.717) is 31.2 Å². The van der Waals surface area contributed by atoms with Crippen molar-refractivity contribution in [2.45, 2.75) is 31.7 Å². The molecule has 3 N–H and O–H groups in total. The molecule has 1 aliphatic heterocycles. The third-order valence-corrected chi connectivity index (χ3v) is 5.86. The Hall–Kier alpha value is -2.72. The minimum Gasteiger partial charge on any atom is -0.381 e. The summed E-state index contributed by atoms with van der Waals surface area (Å²) >= 11 is 3.33. The Balaban J connectivity index is 1.58. The third kappa shape index (κ3) is 5.50. The first-order valence-corrected chi connectivity index (χ1v) is 11.1. The number of ether oxygens (including phenoxy) is 1. The van der Waals surface area contributed by atoms with E-state index in [2.05, 4.69) is 37.0 Å². The average molecular weight is 490 g/mol. The number of hydrogen-bond acceptors (Lipinski definition) is 6. The number of halogens is 1. The maximum Gasteiger partial charge on any atom is 0.286 e. The molecule has 164 valence electrons. The fourth-order valence-electron chi connectivity index (χ4n) is 3.28. The molecule has 2 fully saturated rings. The van der Waals surface area contributed by atoms with E-state index in [1.165, 1.54) is 6.20 Å². The molecule has 31 heavy (non-hydrogen) atoms. The average Bonchev–Trinajstić information content (AvgIpc) is 3.59. The summed E-state index contributed by atoms with van der Waals surface area (Å²) in [5.74, 6) is -0.406. The Kier molecular flexibility index (Phi) is 6.67. The van der Waals surface area contributed by atoms with Gasteiger partial charge in [-0.15, -0.1) is 0 Å². The van der Waals surface area contributed by atoms with Gasteiger partial charge in [0.15, 0.2) is 0 Å². The van der Waals surface area contributed by atoms with Crippen molar-refractivity contribution in [3.05, 3.63) is 56.4 Å². The smallest absolute Gasteiger partial charge is 0.286 e. The number of nitrogens with one attached hydrogen (secondary N) is 3. The van der Waals surface area contributed by atoms with Crippen LogP contribution in [0.5, 0.6) is 0 Å².